The van der Waals surface area contributed by atoms with Crippen molar-refractivity contribution >= 4 is 0 Å². The fourth-order valence-electron chi connectivity index (χ4n) is 2.24. The number of aromatic nitrogens is 1. The highest BCUT2D eigenvalue weighted by Crippen LogP contribution is 2.31. The summed E-state index contributed by atoms with van der Waals surface area (Å²) in [6.07, 6.45) is 3.68. The molecule has 1 aliphatic rings. The molecule has 1 aromatic carbocycles. The van der Waals surface area contributed by atoms with E-state index in [0.717, 1.165) is 18.5 Å². The Balaban J connectivity index is 2.23. The van der Waals surface area contributed by atoms with Crippen LogP contribution in [0.5, 0.6) is 0 Å². The first-order valence-corrected chi connectivity index (χ1v) is 5.36. The summed E-state index contributed by atoms with van der Waals surface area (Å²) in [5, 5.41) is 8.84. The van der Waals surface area contributed by atoms with Crippen LogP contribution in [0.4, 0.5) is 0 Å². The molecule has 1 aromatic heterocycles. The van der Waals surface area contributed by atoms with Gasteiger partial charge in [-0.15, -0.1) is 0 Å². The van der Waals surface area contributed by atoms with Crippen molar-refractivity contribution in [3.05, 3.63) is 53.2 Å². The predicted octanol–water partition coefficient (Wildman–Crippen LogP) is 2.72. The molecule has 0 spiro atoms. The summed E-state index contributed by atoms with van der Waals surface area (Å²) in [6, 6.07) is 12.4. The zero-order valence-electron chi connectivity index (χ0n) is 8.77. The summed E-state index contributed by atoms with van der Waals surface area (Å²) in [5.74, 6) is 0. The second-order valence-corrected chi connectivity index (χ2v) is 4.00. The van der Waals surface area contributed by atoms with Gasteiger partial charge >= 0.3 is 0 Å². The van der Waals surface area contributed by atoms with Crippen molar-refractivity contribution in [3.8, 4) is 17.3 Å². The molecule has 0 fully saturated rings. The first-order valence-electron chi connectivity index (χ1n) is 5.36. The van der Waals surface area contributed by atoms with Crippen LogP contribution in [0.25, 0.3) is 11.3 Å². The van der Waals surface area contributed by atoms with Crippen LogP contribution in [0.1, 0.15) is 16.7 Å². The standard InChI is InChI=1S/C14H10N2/c15-8-10-7-12-6-5-11-3-1-2-4-13(11)14(12)16-9-10/h1-4,7,9H,5-6H2. The van der Waals surface area contributed by atoms with Crippen LogP contribution in [-0.2, 0) is 12.8 Å². The Morgan fingerprint density at radius 1 is 1.12 bits per heavy atom. The van der Waals surface area contributed by atoms with Crippen molar-refractivity contribution in [1.29, 1.82) is 5.26 Å². The third kappa shape index (κ3) is 1.30. The van der Waals surface area contributed by atoms with E-state index < -0.39 is 0 Å². The van der Waals surface area contributed by atoms with Crippen LogP contribution < -0.4 is 0 Å². The average molecular weight is 206 g/mol. The summed E-state index contributed by atoms with van der Waals surface area (Å²) >= 11 is 0. The Hall–Kier alpha value is -2.14. The molecular formula is C14H10N2. The number of rotatable bonds is 0. The smallest absolute Gasteiger partial charge is 0.101 e. The van der Waals surface area contributed by atoms with Gasteiger partial charge in [-0.05, 0) is 30.0 Å². The lowest BCUT2D eigenvalue weighted by Crippen LogP contribution is -2.05. The lowest BCUT2D eigenvalue weighted by atomic mass is 9.89. The SMILES string of the molecule is N#Cc1cnc2c(c1)CCc1ccccc1-2. The molecule has 0 amide bonds. The number of hydrogen-bond donors (Lipinski definition) is 0. The van der Waals surface area contributed by atoms with Gasteiger partial charge in [0.2, 0.25) is 0 Å². The number of aryl methyl sites for hydroxylation is 2. The highest BCUT2D eigenvalue weighted by molar-refractivity contribution is 5.69. The van der Waals surface area contributed by atoms with Gasteiger partial charge in [-0.25, -0.2) is 0 Å². The number of pyridine rings is 1. The molecular weight excluding hydrogens is 196 g/mol. The fraction of sp³-hybridized carbons (Fsp3) is 0.143. The van der Waals surface area contributed by atoms with Crippen molar-refractivity contribution in [2.24, 2.45) is 0 Å². The molecule has 0 unspecified atom stereocenters. The van der Waals surface area contributed by atoms with Crippen LogP contribution in [-0.4, -0.2) is 4.98 Å². The first kappa shape index (κ1) is 9.11. The number of nitriles is 1. The Morgan fingerprint density at radius 3 is 2.81 bits per heavy atom. The van der Waals surface area contributed by atoms with E-state index in [1.165, 1.54) is 16.7 Å². The van der Waals surface area contributed by atoms with E-state index in [9.17, 15) is 0 Å². The zero-order valence-corrected chi connectivity index (χ0v) is 8.77. The summed E-state index contributed by atoms with van der Waals surface area (Å²) in [7, 11) is 0. The Morgan fingerprint density at radius 2 is 1.94 bits per heavy atom. The van der Waals surface area contributed by atoms with Crippen LogP contribution in [0.15, 0.2) is 36.5 Å². The van der Waals surface area contributed by atoms with E-state index in [0.29, 0.717) is 5.56 Å². The number of fused-ring (bicyclic) bond motifs is 3. The topological polar surface area (TPSA) is 36.7 Å². The molecule has 0 saturated heterocycles. The van der Waals surface area contributed by atoms with Gasteiger partial charge in [0.25, 0.3) is 0 Å². The lowest BCUT2D eigenvalue weighted by molar-refractivity contribution is 0.926. The van der Waals surface area contributed by atoms with Gasteiger partial charge in [-0.1, -0.05) is 24.3 Å². The molecule has 2 aromatic rings. The third-order valence-electron chi connectivity index (χ3n) is 3.03. The molecule has 76 valence electrons. The number of benzene rings is 1. The normalized spacial score (nSPS) is 12.4. The first-order chi connectivity index (χ1) is 7.88. The zero-order chi connectivity index (χ0) is 11.0. The summed E-state index contributed by atoms with van der Waals surface area (Å²) < 4.78 is 0. The maximum Gasteiger partial charge on any atom is 0.101 e. The molecule has 0 aliphatic heterocycles. The second-order valence-electron chi connectivity index (χ2n) is 4.00. The van der Waals surface area contributed by atoms with Gasteiger partial charge in [0.15, 0.2) is 0 Å². The van der Waals surface area contributed by atoms with Gasteiger partial charge in [-0.2, -0.15) is 5.26 Å². The third-order valence-corrected chi connectivity index (χ3v) is 3.03. The minimum Gasteiger partial charge on any atom is -0.255 e. The minimum absolute atomic E-state index is 0.651. The molecule has 0 radical (unpaired) electrons. The van der Waals surface area contributed by atoms with E-state index in [2.05, 4.69) is 29.3 Å². The number of nitrogens with zero attached hydrogens (tertiary/aromatic N) is 2. The Kier molecular flexibility index (Phi) is 1.97. The van der Waals surface area contributed by atoms with E-state index in [4.69, 9.17) is 5.26 Å². The van der Waals surface area contributed by atoms with Crippen molar-refractivity contribution in [2.45, 2.75) is 12.8 Å². The van der Waals surface area contributed by atoms with E-state index >= 15 is 0 Å². The van der Waals surface area contributed by atoms with Crippen LogP contribution in [0, 0.1) is 11.3 Å². The van der Waals surface area contributed by atoms with Gasteiger partial charge < -0.3 is 0 Å². The second kappa shape index (κ2) is 3.46. The summed E-state index contributed by atoms with van der Waals surface area (Å²) in [4.78, 5) is 4.41. The molecule has 1 aliphatic carbocycles. The van der Waals surface area contributed by atoms with Crippen molar-refractivity contribution in [2.75, 3.05) is 0 Å². The molecule has 0 atom stereocenters. The van der Waals surface area contributed by atoms with Gasteiger partial charge in [-0.3, -0.25) is 4.98 Å². The van der Waals surface area contributed by atoms with Crippen LogP contribution in [0.3, 0.4) is 0 Å². The maximum absolute atomic E-state index is 8.84. The van der Waals surface area contributed by atoms with E-state index in [1.54, 1.807) is 6.20 Å². The van der Waals surface area contributed by atoms with Gasteiger partial charge in [0.05, 0.1) is 11.3 Å². The Bertz CT molecular complexity index is 594. The molecule has 2 heteroatoms. The average Bonchev–Trinajstić information content (AvgIpc) is 2.38. The lowest BCUT2D eigenvalue weighted by Gasteiger charge is -2.18. The molecule has 2 nitrogen and oxygen atoms in total. The number of hydrogen-bond acceptors (Lipinski definition) is 2. The Labute approximate surface area is 94.2 Å². The summed E-state index contributed by atoms with van der Waals surface area (Å²) in [5.41, 5.74) is 5.46. The van der Waals surface area contributed by atoms with Crippen LogP contribution >= 0.6 is 0 Å². The molecule has 0 saturated carbocycles. The van der Waals surface area contributed by atoms with Crippen molar-refractivity contribution < 1.29 is 0 Å². The molecule has 3 rings (SSSR count). The van der Waals surface area contributed by atoms with E-state index in [1.807, 2.05) is 12.1 Å². The fourth-order valence-corrected chi connectivity index (χ4v) is 2.24. The summed E-state index contributed by atoms with van der Waals surface area (Å²) in [6.45, 7) is 0. The predicted molar refractivity (Wildman–Crippen MR) is 61.8 cm³/mol. The van der Waals surface area contributed by atoms with Gasteiger partial charge in [0.1, 0.15) is 6.07 Å². The molecule has 16 heavy (non-hydrogen) atoms. The monoisotopic (exact) mass is 206 g/mol. The van der Waals surface area contributed by atoms with E-state index in [-0.39, 0.29) is 0 Å². The minimum atomic E-state index is 0.651. The quantitative estimate of drug-likeness (QED) is 0.664. The van der Waals surface area contributed by atoms with Crippen LogP contribution in [0.2, 0.25) is 0 Å². The molecule has 0 bridgehead atoms. The highest BCUT2D eigenvalue weighted by Gasteiger charge is 2.16. The van der Waals surface area contributed by atoms with Crippen molar-refractivity contribution in [3.63, 3.8) is 0 Å². The van der Waals surface area contributed by atoms with Gasteiger partial charge in [0, 0.05) is 11.8 Å². The van der Waals surface area contributed by atoms with Crippen molar-refractivity contribution in [1.82, 2.24) is 4.98 Å². The molecule has 1 heterocycles. The largest absolute Gasteiger partial charge is 0.255 e. The molecule has 0 N–H and O–H groups in total. The highest BCUT2D eigenvalue weighted by atomic mass is 14.7. The maximum atomic E-state index is 8.84.